The van der Waals surface area contributed by atoms with Crippen LogP contribution in [0.4, 0.5) is 5.69 Å². The Morgan fingerprint density at radius 1 is 1.08 bits per heavy atom. The summed E-state index contributed by atoms with van der Waals surface area (Å²) in [5, 5.41) is 0. The Labute approximate surface area is 142 Å². The molecule has 24 heavy (non-hydrogen) atoms. The van der Waals surface area contributed by atoms with Gasteiger partial charge >= 0.3 is 5.97 Å². The predicted octanol–water partition coefficient (Wildman–Crippen LogP) is 3.42. The van der Waals surface area contributed by atoms with Crippen LogP contribution in [0.15, 0.2) is 42.5 Å². The fraction of sp³-hybridized carbons (Fsp3) is 0.278. The number of hydrogen-bond acceptors (Lipinski definition) is 4. The number of hydrogen-bond donors (Lipinski definition) is 1. The number of carbonyl (C=O) groups excluding carboxylic acids is 1. The van der Waals surface area contributed by atoms with Gasteiger partial charge in [0, 0.05) is 0 Å². The van der Waals surface area contributed by atoms with Crippen molar-refractivity contribution in [2.75, 3.05) is 11.3 Å². The molecule has 0 heterocycles. The van der Waals surface area contributed by atoms with Crippen LogP contribution in [0, 0.1) is 13.8 Å². The molecule has 0 unspecified atom stereocenters. The highest BCUT2D eigenvalue weighted by Gasteiger charge is 2.17. The third kappa shape index (κ3) is 4.58. The van der Waals surface area contributed by atoms with Gasteiger partial charge in [-0.25, -0.2) is 13.2 Å². The molecule has 0 atom stereocenters. The van der Waals surface area contributed by atoms with Crippen molar-refractivity contribution in [2.45, 2.75) is 26.5 Å². The molecule has 0 fully saturated rings. The third-order valence-corrected chi connectivity index (χ3v) is 4.82. The molecule has 0 amide bonds. The van der Waals surface area contributed by atoms with Gasteiger partial charge in [-0.1, -0.05) is 35.9 Å². The van der Waals surface area contributed by atoms with Crippen LogP contribution in [-0.4, -0.2) is 21.0 Å². The van der Waals surface area contributed by atoms with Crippen LogP contribution in [0.2, 0.25) is 0 Å². The van der Waals surface area contributed by atoms with Crippen molar-refractivity contribution in [3.05, 3.63) is 64.7 Å². The van der Waals surface area contributed by atoms with Crippen LogP contribution < -0.4 is 4.72 Å². The normalized spacial score (nSPS) is 11.1. The monoisotopic (exact) mass is 347 g/mol. The Bertz CT molecular complexity index is 827. The Balaban J connectivity index is 2.21. The number of nitrogens with one attached hydrogen (secondary N) is 1. The van der Waals surface area contributed by atoms with Gasteiger partial charge in [0.25, 0.3) is 0 Å². The molecule has 0 saturated heterocycles. The molecule has 0 saturated carbocycles. The Morgan fingerprint density at radius 2 is 1.75 bits per heavy atom. The summed E-state index contributed by atoms with van der Waals surface area (Å²) in [5.41, 5.74) is 3.05. The van der Waals surface area contributed by atoms with Crippen molar-refractivity contribution in [3.8, 4) is 0 Å². The number of benzene rings is 2. The van der Waals surface area contributed by atoms with Crippen LogP contribution >= 0.6 is 0 Å². The lowest BCUT2D eigenvalue weighted by atomic mass is 10.1. The summed E-state index contributed by atoms with van der Waals surface area (Å²) in [7, 11) is -3.58. The molecule has 0 radical (unpaired) electrons. The Hall–Kier alpha value is -2.34. The zero-order valence-corrected chi connectivity index (χ0v) is 14.8. The largest absolute Gasteiger partial charge is 0.462 e. The van der Waals surface area contributed by atoms with Crippen LogP contribution in [0.3, 0.4) is 0 Å². The first-order chi connectivity index (χ1) is 11.3. The van der Waals surface area contributed by atoms with E-state index in [0.29, 0.717) is 22.4 Å². The predicted molar refractivity (Wildman–Crippen MR) is 94.6 cm³/mol. The standard InChI is InChI=1S/C18H21NO4S/c1-4-23-18(20)16-6-5-7-17(14(16)3)19-24(21,22)12-15-10-8-13(2)9-11-15/h5-11,19H,4,12H2,1-3H3. The molecule has 128 valence electrons. The minimum absolute atomic E-state index is 0.129. The van der Waals surface area contributed by atoms with Gasteiger partial charge < -0.3 is 4.74 Å². The smallest absolute Gasteiger partial charge is 0.338 e. The summed E-state index contributed by atoms with van der Waals surface area (Å²) >= 11 is 0. The molecule has 5 nitrogen and oxygen atoms in total. The first-order valence-electron chi connectivity index (χ1n) is 7.65. The highest BCUT2D eigenvalue weighted by atomic mass is 32.2. The van der Waals surface area contributed by atoms with Gasteiger partial charge in [-0.3, -0.25) is 4.72 Å². The summed E-state index contributed by atoms with van der Waals surface area (Å²) in [4.78, 5) is 11.9. The maximum Gasteiger partial charge on any atom is 0.338 e. The van der Waals surface area contributed by atoms with Gasteiger partial charge in [0.2, 0.25) is 10.0 Å². The SMILES string of the molecule is CCOC(=O)c1cccc(NS(=O)(=O)Cc2ccc(C)cc2)c1C. The third-order valence-electron chi connectivity index (χ3n) is 3.57. The van der Waals surface area contributed by atoms with E-state index in [1.54, 1.807) is 44.2 Å². The zero-order chi connectivity index (χ0) is 17.7. The fourth-order valence-corrected chi connectivity index (χ4v) is 3.54. The molecule has 0 aromatic heterocycles. The van der Waals surface area contributed by atoms with Gasteiger partial charge in [0.05, 0.1) is 23.6 Å². The highest BCUT2D eigenvalue weighted by molar-refractivity contribution is 7.91. The van der Waals surface area contributed by atoms with E-state index in [2.05, 4.69) is 4.72 Å². The summed E-state index contributed by atoms with van der Waals surface area (Å²) in [5.74, 6) is -0.592. The van der Waals surface area contributed by atoms with Crippen molar-refractivity contribution in [1.29, 1.82) is 0 Å². The molecule has 0 bridgehead atoms. The minimum Gasteiger partial charge on any atom is -0.462 e. The molecular weight excluding hydrogens is 326 g/mol. The van der Waals surface area contributed by atoms with Crippen molar-refractivity contribution in [3.63, 3.8) is 0 Å². The number of rotatable bonds is 6. The maximum absolute atomic E-state index is 12.4. The number of anilines is 1. The average Bonchev–Trinajstić information content (AvgIpc) is 2.51. The lowest BCUT2D eigenvalue weighted by molar-refractivity contribution is 0.0525. The second-order valence-corrected chi connectivity index (χ2v) is 7.27. The van der Waals surface area contributed by atoms with Crippen LogP contribution in [0.5, 0.6) is 0 Å². The summed E-state index contributed by atoms with van der Waals surface area (Å²) < 4.78 is 32.3. The van der Waals surface area contributed by atoms with Crippen LogP contribution in [-0.2, 0) is 20.5 Å². The number of aryl methyl sites for hydroxylation is 1. The average molecular weight is 347 g/mol. The molecule has 1 N–H and O–H groups in total. The van der Waals surface area contributed by atoms with Gasteiger partial charge in [-0.2, -0.15) is 0 Å². The lowest BCUT2D eigenvalue weighted by Crippen LogP contribution is -2.17. The van der Waals surface area contributed by atoms with E-state index in [0.717, 1.165) is 5.56 Å². The Morgan fingerprint density at radius 3 is 2.38 bits per heavy atom. The molecule has 0 spiro atoms. The van der Waals surface area contributed by atoms with Crippen molar-refractivity contribution >= 4 is 21.7 Å². The summed E-state index contributed by atoms with van der Waals surface area (Å²) in [6.07, 6.45) is 0. The van der Waals surface area contributed by atoms with Crippen molar-refractivity contribution in [1.82, 2.24) is 0 Å². The van der Waals surface area contributed by atoms with Crippen molar-refractivity contribution in [2.24, 2.45) is 0 Å². The minimum atomic E-state index is -3.58. The molecular formula is C18H21NO4S. The summed E-state index contributed by atoms with van der Waals surface area (Å²) in [6, 6.07) is 12.2. The maximum atomic E-state index is 12.4. The zero-order valence-electron chi connectivity index (χ0n) is 14.0. The van der Waals surface area contributed by atoms with E-state index in [-0.39, 0.29) is 12.4 Å². The van der Waals surface area contributed by atoms with E-state index >= 15 is 0 Å². The van der Waals surface area contributed by atoms with Gasteiger partial charge in [0.1, 0.15) is 0 Å². The lowest BCUT2D eigenvalue weighted by Gasteiger charge is -2.13. The second kappa shape index (κ2) is 7.49. The number of sulfonamides is 1. The highest BCUT2D eigenvalue weighted by Crippen LogP contribution is 2.22. The topological polar surface area (TPSA) is 72.5 Å². The number of carbonyl (C=O) groups is 1. The van der Waals surface area contributed by atoms with Gasteiger partial charge in [0.15, 0.2) is 0 Å². The first kappa shape index (κ1) is 18.0. The molecule has 2 aromatic rings. The first-order valence-corrected chi connectivity index (χ1v) is 9.30. The van der Waals surface area contributed by atoms with Crippen LogP contribution in [0.1, 0.15) is 34.0 Å². The van der Waals surface area contributed by atoms with E-state index in [1.165, 1.54) is 0 Å². The Kier molecular flexibility index (Phi) is 5.62. The van der Waals surface area contributed by atoms with Gasteiger partial charge in [-0.05, 0) is 44.0 Å². The van der Waals surface area contributed by atoms with Crippen molar-refractivity contribution < 1.29 is 17.9 Å². The number of esters is 1. The molecule has 0 aliphatic heterocycles. The van der Waals surface area contributed by atoms with E-state index in [1.807, 2.05) is 19.1 Å². The summed E-state index contributed by atoms with van der Waals surface area (Å²) in [6.45, 7) is 5.62. The van der Waals surface area contributed by atoms with E-state index < -0.39 is 16.0 Å². The van der Waals surface area contributed by atoms with E-state index in [4.69, 9.17) is 4.74 Å². The molecule has 2 rings (SSSR count). The van der Waals surface area contributed by atoms with E-state index in [9.17, 15) is 13.2 Å². The fourth-order valence-electron chi connectivity index (χ4n) is 2.28. The molecule has 6 heteroatoms. The molecule has 0 aliphatic rings. The molecule has 0 aliphatic carbocycles. The molecule has 2 aromatic carbocycles. The number of ether oxygens (including phenoxy) is 1. The van der Waals surface area contributed by atoms with Gasteiger partial charge in [-0.15, -0.1) is 0 Å². The second-order valence-electron chi connectivity index (χ2n) is 5.55. The quantitative estimate of drug-likeness (QED) is 0.813. The van der Waals surface area contributed by atoms with Crippen LogP contribution in [0.25, 0.3) is 0 Å².